The van der Waals surface area contributed by atoms with Crippen molar-refractivity contribution in [1.29, 1.82) is 0 Å². The fourth-order valence-corrected chi connectivity index (χ4v) is 2.61. The molecule has 0 aliphatic heterocycles. The summed E-state index contributed by atoms with van der Waals surface area (Å²) in [5.74, 6) is -1.36. The van der Waals surface area contributed by atoms with Crippen LogP contribution in [0.4, 0.5) is 14.6 Å². The van der Waals surface area contributed by atoms with E-state index in [0.717, 1.165) is 18.2 Å². The van der Waals surface area contributed by atoms with E-state index >= 15 is 0 Å². The van der Waals surface area contributed by atoms with Gasteiger partial charge in [0.15, 0.2) is 17.5 Å². The molecule has 0 amide bonds. The van der Waals surface area contributed by atoms with E-state index in [1.807, 2.05) is 6.92 Å². The summed E-state index contributed by atoms with van der Waals surface area (Å²) in [7, 11) is 0. The van der Waals surface area contributed by atoms with Crippen LogP contribution in [0.1, 0.15) is 19.0 Å². The summed E-state index contributed by atoms with van der Waals surface area (Å²) in [4.78, 5) is 8.49. The number of hydrogen-bond donors (Lipinski definition) is 1. The van der Waals surface area contributed by atoms with Gasteiger partial charge in [-0.15, -0.1) is 0 Å². The summed E-state index contributed by atoms with van der Waals surface area (Å²) in [5, 5.41) is 0. The summed E-state index contributed by atoms with van der Waals surface area (Å²) < 4.78 is 27.4. The van der Waals surface area contributed by atoms with Crippen LogP contribution in [0, 0.1) is 11.6 Å². The lowest BCUT2D eigenvalue weighted by atomic mass is 10.2. The molecule has 0 atom stereocenters. The molecule has 2 N–H and O–H groups in total. The molecule has 0 radical (unpaired) electrons. The third-order valence-electron chi connectivity index (χ3n) is 2.71. The second-order valence-corrected chi connectivity index (χ2v) is 5.75. The Morgan fingerprint density at radius 2 is 1.85 bits per heavy atom. The Hall–Kier alpha value is -1.08. The Balaban J connectivity index is 2.61. The molecule has 106 valence electrons. The van der Waals surface area contributed by atoms with Crippen LogP contribution in [0.5, 0.6) is 0 Å². The molecule has 0 aliphatic rings. The van der Waals surface area contributed by atoms with Crippen molar-refractivity contribution in [2.24, 2.45) is 0 Å². The molecule has 2 rings (SSSR count). The maximum Gasteiger partial charge on any atom is 0.173 e. The first kappa shape index (κ1) is 15.3. The SMILES string of the molecule is CCCc1nc(-c2ccc(F)c(F)c2Br)nc(N)c1Br. The van der Waals surface area contributed by atoms with Gasteiger partial charge in [-0.05, 0) is 50.4 Å². The first-order valence-corrected chi connectivity index (χ1v) is 7.50. The number of nitrogens with two attached hydrogens (primary N) is 1. The zero-order chi connectivity index (χ0) is 14.9. The van der Waals surface area contributed by atoms with Crippen molar-refractivity contribution in [2.75, 3.05) is 5.73 Å². The molecule has 0 spiro atoms. The van der Waals surface area contributed by atoms with Gasteiger partial charge in [-0.25, -0.2) is 18.7 Å². The summed E-state index contributed by atoms with van der Waals surface area (Å²) >= 11 is 6.36. The number of halogens is 4. The van der Waals surface area contributed by atoms with Crippen LogP contribution >= 0.6 is 31.9 Å². The average Bonchev–Trinajstić information content (AvgIpc) is 2.41. The van der Waals surface area contributed by atoms with Gasteiger partial charge in [0.25, 0.3) is 0 Å². The number of hydrogen-bond acceptors (Lipinski definition) is 3. The molecule has 3 nitrogen and oxygen atoms in total. The molecule has 1 heterocycles. The Morgan fingerprint density at radius 3 is 2.50 bits per heavy atom. The summed E-state index contributed by atoms with van der Waals surface area (Å²) in [6, 6.07) is 2.46. The van der Waals surface area contributed by atoms with E-state index in [-0.39, 0.29) is 16.1 Å². The molecule has 1 aromatic carbocycles. The molecule has 0 bridgehead atoms. The summed E-state index contributed by atoms with van der Waals surface area (Å²) in [6.07, 6.45) is 1.59. The number of rotatable bonds is 3. The highest BCUT2D eigenvalue weighted by Gasteiger charge is 2.17. The van der Waals surface area contributed by atoms with Crippen molar-refractivity contribution < 1.29 is 8.78 Å². The molecule has 1 aromatic heterocycles. The van der Waals surface area contributed by atoms with Gasteiger partial charge in [0.1, 0.15) is 5.82 Å². The van der Waals surface area contributed by atoms with Gasteiger partial charge < -0.3 is 5.73 Å². The van der Waals surface area contributed by atoms with Gasteiger partial charge in [0.05, 0.1) is 14.6 Å². The van der Waals surface area contributed by atoms with Gasteiger partial charge in [-0.2, -0.15) is 0 Å². The van der Waals surface area contributed by atoms with E-state index in [2.05, 4.69) is 41.8 Å². The predicted octanol–water partition coefficient (Wildman–Crippen LogP) is 4.48. The first-order valence-electron chi connectivity index (χ1n) is 5.91. The first-order chi connectivity index (χ1) is 9.45. The van der Waals surface area contributed by atoms with E-state index in [4.69, 9.17) is 5.73 Å². The number of nitrogens with zero attached hydrogens (tertiary/aromatic N) is 2. The van der Waals surface area contributed by atoms with Crippen molar-refractivity contribution in [3.05, 3.63) is 38.4 Å². The Labute approximate surface area is 131 Å². The van der Waals surface area contributed by atoms with Crippen LogP contribution in [-0.4, -0.2) is 9.97 Å². The molecule has 0 unspecified atom stereocenters. The largest absolute Gasteiger partial charge is 0.383 e. The molecule has 2 aromatic rings. The Bertz CT molecular complexity index is 663. The predicted molar refractivity (Wildman–Crippen MR) is 81.2 cm³/mol. The quantitative estimate of drug-likeness (QED) is 0.764. The number of anilines is 1. The van der Waals surface area contributed by atoms with E-state index in [0.29, 0.717) is 16.5 Å². The van der Waals surface area contributed by atoms with Crippen molar-refractivity contribution >= 4 is 37.7 Å². The fourth-order valence-electron chi connectivity index (χ4n) is 1.73. The van der Waals surface area contributed by atoms with Crippen molar-refractivity contribution in [1.82, 2.24) is 9.97 Å². The maximum atomic E-state index is 13.6. The zero-order valence-corrected chi connectivity index (χ0v) is 13.7. The van der Waals surface area contributed by atoms with E-state index in [9.17, 15) is 8.78 Å². The fraction of sp³-hybridized carbons (Fsp3) is 0.231. The minimum absolute atomic E-state index is 0.0123. The van der Waals surface area contributed by atoms with Gasteiger partial charge in [0, 0.05) is 5.56 Å². The van der Waals surface area contributed by atoms with Crippen molar-refractivity contribution in [3.8, 4) is 11.4 Å². The molecular weight excluding hydrogens is 396 g/mol. The van der Waals surface area contributed by atoms with Gasteiger partial charge in [0.2, 0.25) is 0 Å². The molecule has 20 heavy (non-hydrogen) atoms. The van der Waals surface area contributed by atoms with Crippen molar-refractivity contribution in [3.63, 3.8) is 0 Å². The number of aromatic nitrogens is 2. The Morgan fingerprint density at radius 1 is 1.15 bits per heavy atom. The average molecular weight is 407 g/mol. The minimum atomic E-state index is -0.968. The molecular formula is C13H11Br2F2N3. The third kappa shape index (κ3) is 2.83. The molecule has 0 saturated carbocycles. The van der Waals surface area contributed by atoms with E-state index in [1.165, 1.54) is 6.07 Å². The van der Waals surface area contributed by atoms with Crippen LogP contribution in [0.3, 0.4) is 0 Å². The number of benzene rings is 1. The van der Waals surface area contributed by atoms with Crippen LogP contribution < -0.4 is 5.73 Å². The normalized spacial score (nSPS) is 10.8. The molecule has 0 fully saturated rings. The van der Waals surface area contributed by atoms with E-state index < -0.39 is 11.6 Å². The van der Waals surface area contributed by atoms with Crippen LogP contribution in [0.25, 0.3) is 11.4 Å². The lowest BCUT2D eigenvalue weighted by Gasteiger charge is -2.10. The molecule has 0 aliphatic carbocycles. The minimum Gasteiger partial charge on any atom is -0.383 e. The van der Waals surface area contributed by atoms with Gasteiger partial charge >= 0.3 is 0 Å². The highest BCUT2D eigenvalue weighted by atomic mass is 79.9. The second-order valence-electron chi connectivity index (χ2n) is 4.17. The molecule has 0 saturated heterocycles. The summed E-state index contributed by atoms with van der Waals surface area (Å²) in [5.41, 5.74) is 6.93. The monoisotopic (exact) mass is 405 g/mol. The summed E-state index contributed by atoms with van der Waals surface area (Å²) in [6.45, 7) is 2.01. The van der Waals surface area contributed by atoms with Crippen molar-refractivity contribution in [2.45, 2.75) is 19.8 Å². The third-order valence-corrected chi connectivity index (χ3v) is 4.35. The molecule has 7 heteroatoms. The standard InChI is InChI=1S/C13H11Br2F2N3/c1-2-3-8-10(15)12(18)20-13(19-8)6-4-5-7(16)11(17)9(6)14/h4-5H,2-3H2,1H3,(H2,18,19,20). The maximum absolute atomic E-state index is 13.6. The second kappa shape index (κ2) is 6.13. The van der Waals surface area contributed by atoms with Gasteiger partial charge in [-0.3, -0.25) is 0 Å². The number of nitrogen functional groups attached to an aromatic ring is 1. The highest BCUT2D eigenvalue weighted by molar-refractivity contribution is 9.11. The van der Waals surface area contributed by atoms with Gasteiger partial charge in [-0.1, -0.05) is 13.3 Å². The lowest BCUT2D eigenvalue weighted by molar-refractivity contribution is 0.504. The topological polar surface area (TPSA) is 51.8 Å². The van der Waals surface area contributed by atoms with Crippen LogP contribution in [-0.2, 0) is 6.42 Å². The zero-order valence-electron chi connectivity index (χ0n) is 10.6. The number of aryl methyl sites for hydroxylation is 1. The Kier molecular flexibility index (Phi) is 4.70. The smallest absolute Gasteiger partial charge is 0.173 e. The highest BCUT2D eigenvalue weighted by Crippen LogP contribution is 2.32. The van der Waals surface area contributed by atoms with Crippen LogP contribution in [0.15, 0.2) is 21.1 Å². The van der Waals surface area contributed by atoms with E-state index in [1.54, 1.807) is 0 Å². The lowest BCUT2D eigenvalue weighted by Crippen LogP contribution is -2.04. The van der Waals surface area contributed by atoms with Crippen LogP contribution in [0.2, 0.25) is 0 Å².